The number of hydrogen-bond acceptors (Lipinski definition) is 4. The van der Waals surface area contributed by atoms with Gasteiger partial charge in [-0.2, -0.15) is 0 Å². The molecule has 1 N–H and O–H groups in total. The number of carbonyl (C=O) groups excluding carboxylic acids is 1. The molecule has 1 aromatic heterocycles. The molecular weight excluding hydrogens is 375 g/mol. The second-order valence-corrected chi connectivity index (χ2v) is 6.75. The maximum atomic E-state index is 12.9. The number of anilines is 1. The molecule has 1 amide bonds. The molecule has 1 heterocycles. The van der Waals surface area contributed by atoms with E-state index in [0.29, 0.717) is 17.5 Å². The molecule has 0 radical (unpaired) electrons. The topological polar surface area (TPSA) is 61.9 Å². The maximum Gasteiger partial charge on any atom is 0.237 e. The number of thioether (sulfide) groups is 1. The highest BCUT2D eigenvalue weighted by Gasteiger charge is 2.15. The lowest BCUT2D eigenvalue weighted by atomic mass is 10.2. The molecule has 28 heavy (non-hydrogen) atoms. The molecule has 0 bridgehead atoms. The highest BCUT2D eigenvalue weighted by Crippen LogP contribution is 2.18. The summed E-state index contributed by atoms with van der Waals surface area (Å²) < 4.78 is 12.9. The van der Waals surface area contributed by atoms with Crippen molar-refractivity contribution in [3.8, 4) is 0 Å². The van der Waals surface area contributed by atoms with Crippen LogP contribution in [-0.4, -0.2) is 33.4 Å². The Morgan fingerprint density at radius 1 is 1.14 bits per heavy atom. The minimum atomic E-state index is -0.277. The minimum Gasteiger partial charge on any atom is -0.308 e. The fraction of sp³-hybridized carbons (Fsp3) is 0.0952. The largest absolute Gasteiger partial charge is 0.308 e. The Morgan fingerprint density at radius 2 is 1.89 bits per heavy atom. The van der Waals surface area contributed by atoms with E-state index in [4.69, 9.17) is 0 Å². The van der Waals surface area contributed by atoms with Crippen LogP contribution in [0.5, 0.6) is 0 Å². The van der Waals surface area contributed by atoms with Gasteiger partial charge in [0.1, 0.15) is 11.6 Å². The summed E-state index contributed by atoms with van der Waals surface area (Å²) in [5.74, 6) is 0.442. The Labute approximate surface area is 167 Å². The Hall–Kier alpha value is -3.19. The van der Waals surface area contributed by atoms with Gasteiger partial charge in [0.15, 0.2) is 0 Å². The molecule has 142 valence electrons. The third-order valence-electron chi connectivity index (χ3n) is 3.79. The number of H-pyrrole nitrogens is 1. The molecule has 3 aromatic rings. The van der Waals surface area contributed by atoms with Gasteiger partial charge in [-0.25, -0.2) is 9.37 Å². The monoisotopic (exact) mass is 394 g/mol. The van der Waals surface area contributed by atoms with Crippen LogP contribution in [0.4, 0.5) is 10.1 Å². The zero-order chi connectivity index (χ0) is 19.8. The fourth-order valence-corrected chi connectivity index (χ4v) is 3.12. The molecule has 0 aliphatic carbocycles. The van der Waals surface area contributed by atoms with Crippen molar-refractivity contribution in [2.75, 3.05) is 17.2 Å². The molecule has 0 aliphatic heterocycles. The van der Waals surface area contributed by atoms with E-state index < -0.39 is 0 Å². The number of aromatic amines is 1. The first kappa shape index (κ1) is 19.6. The summed E-state index contributed by atoms with van der Waals surface area (Å²) in [7, 11) is 0. The molecule has 3 rings (SSSR count). The van der Waals surface area contributed by atoms with E-state index in [-0.39, 0.29) is 17.5 Å². The van der Waals surface area contributed by atoms with E-state index in [1.165, 1.54) is 23.9 Å². The van der Waals surface area contributed by atoms with E-state index in [1.807, 2.05) is 30.3 Å². The van der Waals surface area contributed by atoms with Crippen LogP contribution < -0.4 is 4.90 Å². The van der Waals surface area contributed by atoms with Gasteiger partial charge >= 0.3 is 0 Å². The normalized spacial score (nSPS) is 10.9. The van der Waals surface area contributed by atoms with Crippen LogP contribution in [0.3, 0.4) is 0 Å². The van der Waals surface area contributed by atoms with E-state index in [2.05, 4.69) is 21.8 Å². The average molecular weight is 394 g/mol. The maximum absolute atomic E-state index is 12.9. The van der Waals surface area contributed by atoms with Gasteiger partial charge < -0.3 is 4.90 Å². The summed E-state index contributed by atoms with van der Waals surface area (Å²) >= 11 is 1.26. The van der Waals surface area contributed by atoms with Crippen LogP contribution in [0.2, 0.25) is 0 Å². The Balaban J connectivity index is 1.59. The van der Waals surface area contributed by atoms with E-state index >= 15 is 0 Å². The van der Waals surface area contributed by atoms with Crippen LogP contribution >= 0.6 is 11.8 Å². The van der Waals surface area contributed by atoms with Crippen molar-refractivity contribution < 1.29 is 9.18 Å². The molecule has 0 fully saturated rings. The van der Waals surface area contributed by atoms with Crippen molar-refractivity contribution in [1.29, 1.82) is 0 Å². The number of carbonyl (C=O) groups is 1. The molecule has 0 aliphatic rings. The number of nitrogens with one attached hydrogen (secondary N) is 1. The third-order valence-corrected chi connectivity index (χ3v) is 4.62. The lowest BCUT2D eigenvalue weighted by molar-refractivity contribution is -0.116. The smallest absolute Gasteiger partial charge is 0.237 e. The van der Waals surface area contributed by atoms with Crippen LogP contribution in [0, 0.1) is 5.82 Å². The number of para-hydroxylation sites is 1. The van der Waals surface area contributed by atoms with Crippen molar-refractivity contribution in [3.63, 3.8) is 0 Å². The standard InChI is InChI=1S/C21H19FN4OS/c1-2-14-26(18-6-4-3-5-7-18)20(27)15-28-21-23-19(24-25-21)13-10-16-8-11-17(22)12-9-16/h2-13H,1,14-15H2,(H,23,24,25)/b13-10+. The summed E-state index contributed by atoms with van der Waals surface area (Å²) in [6, 6.07) is 15.6. The second kappa shape index (κ2) is 9.66. The van der Waals surface area contributed by atoms with E-state index in [0.717, 1.165) is 11.3 Å². The Bertz CT molecular complexity index is 954. The van der Waals surface area contributed by atoms with Crippen molar-refractivity contribution in [2.24, 2.45) is 0 Å². The first-order valence-electron chi connectivity index (χ1n) is 8.61. The van der Waals surface area contributed by atoms with Crippen LogP contribution in [0.25, 0.3) is 12.2 Å². The highest BCUT2D eigenvalue weighted by atomic mass is 32.2. The molecule has 0 atom stereocenters. The summed E-state index contributed by atoms with van der Waals surface area (Å²) in [4.78, 5) is 18.6. The van der Waals surface area contributed by atoms with Gasteiger partial charge in [-0.15, -0.1) is 11.7 Å². The fourth-order valence-electron chi connectivity index (χ4n) is 2.44. The van der Waals surface area contributed by atoms with Gasteiger partial charge in [0.2, 0.25) is 11.1 Å². The molecule has 0 unspecified atom stereocenters. The van der Waals surface area contributed by atoms with Crippen molar-refractivity contribution >= 4 is 35.5 Å². The predicted octanol–water partition coefficient (Wildman–Crippen LogP) is 4.43. The minimum absolute atomic E-state index is 0.0516. The van der Waals surface area contributed by atoms with Crippen LogP contribution in [0.15, 0.2) is 72.4 Å². The summed E-state index contributed by atoms with van der Waals surface area (Å²) in [6.07, 6.45) is 5.25. The number of halogens is 1. The Morgan fingerprint density at radius 3 is 2.61 bits per heavy atom. The van der Waals surface area contributed by atoms with Gasteiger partial charge in [-0.05, 0) is 35.9 Å². The van der Waals surface area contributed by atoms with Gasteiger partial charge in [-0.3, -0.25) is 9.89 Å². The summed E-state index contributed by atoms with van der Waals surface area (Å²) in [5.41, 5.74) is 1.68. The number of hydrogen-bond donors (Lipinski definition) is 1. The first-order chi connectivity index (χ1) is 13.7. The summed E-state index contributed by atoms with van der Waals surface area (Å²) in [5, 5.41) is 7.42. The lowest BCUT2D eigenvalue weighted by Crippen LogP contribution is -2.32. The van der Waals surface area contributed by atoms with Crippen molar-refractivity contribution in [3.05, 3.63) is 84.5 Å². The molecular formula is C21H19FN4OS. The number of nitrogens with zero attached hydrogens (tertiary/aromatic N) is 3. The third kappa shape index (κ3) is 5.40. The predicted molar refractivity (Wildman–Crippen MR) is 111 cm³/mol. The molecule has 2 aromatic carbocycles. The van der Waals surface area contributed by atoms with E-state index in [9.17, 15) is 9.18 Å². The number of amides is 1. The molecule has 7 heteroatoms. The molecule has 0 saturated carbocycles. The van der Waals surface area contributed by atoms with Crippen LogP contribution in [-0.2, 0) is 4.79 Å². The number of rotatable bonds is 8. The van der Waals surface area contributed by atoms with Gasteiger partial charge in [0.25, 0.3) is 0 Å². The number of benzene rings is 2. The van der Waals surface area contributed by atoms with Crippen LogP contribution in [0.1, 0.15) is 11.4 Å². The average Bonchev–Trinajstić information content (AvgIpc) is 3.18. The molecule has 5 nitrogen and oxygen atoms in total. The Kier molecular flexibility index (Phi) is 6.75. The number of aromatic nitrogens is 3. The van der Waals surface area contributed by atoms with Gasteiger partial charge in [0.05, 0.1) is 5.75 Å². The van der Waals surface area contributed by atoms with Gasteiger partial charge in [0, 0.05) is 12.2 Å². The highest BCUT2D eigenvalue weighted by molar-refractivity contribution is 7.99. The SMILES string of the molecule is C=CCN(C(=O)CSc1n[nH]c(/C=C/c2ccc(F)cc2)n1)c1ccccc1. The van der Waals surface area contributed by atoms with Gasteiger partial charge in [-0.1, -0.05) is 54.2 Å². The zero-order valence-corrected chi connectivity index (χ0v) is 15.9. The summed E-state index contributed by atoms with van der Waals surface area (Å²) in [6.45, 7) is 4.16. The second-order valence-electron chi connectivity index (χ2n) is 5.81. The van der Waals surface area contributed by atoms with E-state index in [1.54, 1.807) is 35.3 Å². The molecule has 0 spiro atoms. The van der Waals surface area contributed by atoms with Crippen molar-refractivity contribution in [1.82, 2.24) is 15.2 Å². The lowest BCUT2D eigenvalue weighted by Gasteiger charge is -2.20. The van der Waals surface area contributed by atoms with Crippen molar-refractivity contribution in [2.45, 2.75) is 5.16 Å². The first-order valence-corrected chi connectivity index (χ1v) is 9.59. The molecule has 0 saturated heterocycles. The zero-order valence-electron chi connectivity index (χ0n) is 15.1. The quantitative estimate of drug-likeness (QED) is 0.454.